The summed E-state index contributed by atoms with van der Waals surface area (Å²) in [6.07, 6.45) is 4.15. The minimum atomic E-state index is -4.21. The smallest absolute Gasteiger partial charge is 0.264 e. The summed E-state index contributed by atoms with van der Waals surface area (Å²) in [5, 5.41) is 3.39. The fourth-order valence-corrected chi connectivity index (χ4v) is 7.52. The summed E-state index contributed by atoms with van der Waals surface area (Å²) in [4.78, 5) is 30.3. The number of hydrogen-bond acceptors (Lipinski definition) is 4. The molecule has 9 heteroatoms. The van der Waals surface area contributed by atoms with Crippen LogP contribution in [-0.4, -0.2) is 43.8 Å². The Bertz CT molecular complexity index is 1710. The summed E-state index contributed by atoms with van der Waals surface area (Å²) in [5.74, 6) is -0.761. The highest BCUT2D eigenvalue weighted by atomic mass is 35.5. The molecule has 234 valence electrons. The molecule has 7 nitrogen and oxygen atoms in total. The minimum absolute atomic E-state index is 0.0305. The number of carbonyl (C=O) groups excluding carboxylic acids is 2. The minimum Gasteiger partial charge on any atom is -0.352 e. The van der Waals surface area contributed by atoms with Crippen molar-refractivity contribution in [2.75, 3.05) is 10.8 Å². The van der Waals surface area contributed by atoms with Crippen molar-refractivity contribution in [1.82, 2.24) is 10.2 Å². The van der Waals surface area contributed by atoms with Crippen molar-refractivity contribution in [3.05, 3.63) is 131 Å². The first-order chi connectivity index (χ1) is 21.7. The molecule has 1 saturated carbocycles. The number of halogens is 1. The van der Waals surface area contributed by atoms with E-state index < -0.39 is 28.5 Å². The molecule has 0 radical (unpaired) electrons. The maximum Gasteiger partial charge on any atom is 0.264 e. The Morgan fingerprint density at radius 2 is 1.44 bits per heavy atom. The van der Waals surface area contributed by atoms with Gasteiger partial charge in [0.2, 0.25) is 11.8 Å². The summed E-state index contributed by atoms with van der Waals surface area (Å²) in [6.45, 7) is 1.54. The molecule has 1 atom stereocenters. The standard InChI is InChI=1S/C36H38ClN3O4S/c1-27-14-8-9-17-29(27)25-39(34(24-28-15-4-2-5-16-28)36(42)38-30-18-10-11-19-30)35(41)26-40(33-23-13-12-22-32(33)37)45(43,44)31-20-6-3-7-21-31/h2-9,12-17,20-23,30,34H,10-11,18-19,24-26H2,1H3,(H,38,42). The van der Waals surface area contributed by atoms with Gasteiger partial charge in [0.25, 0.3) is 10.0 Å². The zero-order valence-corrected chi connectivity index (χ0v) is 26.9. The molecule has 4 aromatic rings. The second kappa shape index (κ2) is 14.8. The number of hydrogen-bond donors (Lipinski definition) is 1. The molecule has 5 rings (SSSR count). The molecule has 0 spiro atoms. The predicted octanol–water partition coefficient (Wildman–Crippen LogP) is 6.54. The van der Waals surface area contributed by atoms with Crippen molar-refractivity contribution in [3.63, 3.8) is 0 Å². The quantitative estimate of drug-likeness (QED) is 0.190. The topological polar surface area (TPSA) is 86.8 Å². The fraction of sp³-hybridized carbons (Fsp3) is 0.278. The van der Waals surface area contributed by atoms with E-state index in [2.05, 4.69) is 5.32 Å². The average molecular weight is 644 g/mol. The van der Waals surface area contributed by atoms with Gasteiger partial charge in [-0.05, 0) is 60.7 Å². The number of benzene rings is 4. The lowest BCUT2D eigenvalue weighted by Crippen LogP contribution is -2.54. The van der Waals surface area contributed by atoms with E-state index in [-0.39, 0.29) is 40.5 Å². The van der Waals surface area contributed by atoms with E-state index in [0.29, 0.717) is 0 Å². The lowest BCUT2D eigenvalue weighted by Gasteiger charge is -2.34. The van der Waals surface area contributed by atoms with Crippen LogP contribution in [-0.2, 0) is 32.6 Å². The van der Waals surface area contributed by atoms with Gasteiger partial charge in [-0.2, -0.15) is 0 Å². The lowest BCUT2D eigenvalue weighted by molar-refractivity contribution is -0.140. The van der Waals surface area contributed by atoms with Crippen molar-refractivity contribution < 1.29 is 18.0 Å². The highest BCUT2D eigenvalue weighted by Gasteiger charge is 2.36. The largest absolute Gasteiger partial charge is 0.352 e. The van der Waals surface area contributed by atoms with Crippen LogP contribution in [0.25, 0.3) is 0 Å². The number of carbonyl (C=O) groups is 2. The molecule has 0 bridgehead atoms. The van der Waals surface area contributed by atoms with E-state index in [1.165, 1.54) is 17.0 Å². The maximum absolute atomic E-state index is 14.6. The number of anilines is 1. The Balaban J connectivity index is 1.57. The van der Waals surface area contributed by atoms with Gasteiger partial charge in [0.15, 0.2) is 0 Å². The Labute approximate surface area is 270 Å². The van der Waals surface area contributed by atoms with Gasteiger partial charge in [-0.25, -0.2) is 8.42 Å². The van der Waals surface area contributed by atoms with E-state index in [0.717, 1.165) is 46.7 Å². The van der Waals surface area contributed by atoms with Crippen molar-refractivity contribution in [2.24, 2.45) is 0 Å². The lowest BCUT2D eigenvalue weighted by atomic mass is 10.0. The van der Waals surface area contributed by atoms with E-state index in [9.17, 15) is 18.0 Å². The molecule has 1 aliphatic rings. The molecule has 1 unspecified atom stereocenters. The van der Waals surface area contributed by atoms with Crippen molar-refractivity contribution in [3.8, 4) is 0 Å². The molecule has 1 aliphatic carbocycles. The van der Waals surface area contributed by atoms with E-state index >= 15 is 0 Å². The molecule has 1 N–H and O–H groups in total. The molecular weight excluding hydrogens is 606 g/mol. The van der Waals surface area contributed by atoms with Gasteiger partial charge in [-0.3, -0.25) is 13.9 Å². The van der Waals surface area contributed by atoms with Gasteiger partial charge in [0.05, 0.1) is 15.6 Å². The third kappa shape index (κ3) is 7.93. The monoisotopic (exact) mass is 643 g/mol. The molecule has 0 heterocycles. The van der Waals surface area contributed by atoms with Crippen LogP contribution in [0.2, 0.25) is 5.02 Å². The highest BCUT2D eigenvalue weighted by molar-refractivity contribution is 7.92. The van der Waals surface area contributed by atoms with Crippen LogP contribution in [0.5, 0.6) is 0 Å². The van der Waals surface area contributed by atoms with Crippen molar-refractivity contribution in [1.29, 1.82) is 0 Å². The van der Waals surface area contributed by atoms with Crippen LogP contribution in [0.1, 0.15) is 42.4 Å². The predicted molar refractivity (Wildman–Crippen MR) is 178 cm³/mol. The summed E-state index contributed by atoms with van der Waals surface area (Å²) in [7, 11) is -4.21. The number of rotatable bonds is 12. The SMILES string of the molecule is Cc1ccccc1CN(C(=O)CN(c1ccccc1Cl)S(=O)(=O)c1ccccc1)C(Cc1ccccc1)C(=O)NC1CCCC1. The van der Waals surface area contributed by atoms with Gasteiger partial charge in [0.1, 0.15) is 12.6 Å². The number of nitrogens with zero attached hydrogens (tertiary/aromatic N) is 2. The van der Waals surface area contributed by atoms with Gasteiger partial charge in [-0.1, -0.05) is 109 Å². The van der Waals surface area contributed by atoms with Crippen LogP contribution in [0.4, 0.5) is 5.69 Å². The summed E-state index contributed by atoms with van der Waals surface area (Å²) < 4.78 is 29.2. The normalized spacial score (nSPS) is 14.1. The summed E-state index contributed by atoms with van der Waals surface area (Å²) >= 11 is 6.55. The van der Waals surface area contributed by atoms with Crippen molar-refractivity contribution >= 4 is 39.1 Å². The van der Waals surface area contributed by atoms with Crippen LogP contribution in [0.15, 0.2) is 114 Å². The molecular formula is C36H38ClN3O4S. The third-order valence-corrected chi connectivity index (χ3v) is 10.4. The molecule has 4 aromatic carbocycles. The van der Waals surface area contributed by atoms with Crippen LogP contribution in [0, 0.1) is 6.92 Å². The van der Waals surface area contributed by atoms with Gasteiger partial charge in [0, 0.05) is 19.0 Å². The fourth-order valence-electron chi connectivity index (χ4n) is 5.78. The molecule has 2 amide bonds. The van der Waals surface area contributed by atoms with Crippen LogP contribution in [0.3, 0.4) is 0 Å². The first-order valence-electron chi connectivity index (χ1n) is 15.2. The Kier molecular flexibility index (Phi) is 10.6. The van der Waals surface area contributed by atoms with Gasteiger partial charge < -0.3 is 10.2 Å². The number of nitrogens with one attached hydrogen (secondary N) is 1. The van der Waals surface area contributed by atoms with Crippen LogP contribution >= 0.6 is 11.6 Å². The molecule has 45 heavy (non-hydrogen) atoms. The molecule has 0 aliphatic heterocycles. The number of amides is 2. The van der Waals surface area contributed by atoms with Gasteiger partial charge in [-0.15, -0.1) is 0 Å². The Morgan fingerprint density at radius 1 is 0.844 bits per heavy atom. The number of aryl methyl sites for hydroxylation is 1. The number of sulfonamides is 1. The maximum atomic E-state index is 14.6. The van der Waals surface area contributed by atoms with E-state index in [4.69, 9.17) is 11.6 Å². The molecule has 0 aromatic heterocycles. The zero-order chi connectivity index (χ0) is 31.8. The van der Waals surface area contributed by atoms with Crippen LogP contribution < -0.4 is 9.62 Å². The van der Waals surface area contributed by atoms with E-state index in [1.807, 2.05) is 61.5 Å². The zero-order valence-electron chi connectivity index (χ0n) is 25.3. The second-order valence-electron chi connectivity index (χ2n) is 11.4. The summed E-state index contributed by atoms with van der Waals surface area (Å²) in [5.41, 5.74) is 2.91. The molecule has 0 saturated heterocycles. The highest BCUT2D eigenvalue weighted by Crippen LogP contribution is 2.31. The number of para-hydroxylation sites is 1. The van der Waals surface area contributed by atoms with Crippen molar-refractivity contribution in [2.45, 2.75) is 62.6 Å². The first-order valence-corrected chi connectivity index (χ1v) is 17.1. The third-order valence-electron chi connectivity index (χ3n) is 8.31. The Morgan fingerprint density at radius 3 is 2.11 bits per heavy atom. The second-order valence-corrected chi connectivity index (χ2v) is 13.7. The average Bonchev–Trinajstić information content (AvgIpc) is 3.56. The first kappa shape index (κ1) is 32.3. The molecule has 1 fully saturated rings. The van der Waals surface area contributed by atoms with E-state index in [1.54, 1.807) is 42.5 Å². The van der Waals surface area contributed by atoms with Gasteiger partial charge >= 0.3 is 0 Å². The Hall–Kier alpha value is -4.14. The summed E-state index contributed by atoms with van der Waals surface area (Å²) in [6, 6.07) is 31.0.